The number of halogens is 1. The lowest BCUT2D eigenvalue weighted by Gasteiger charge is -2.20. The lowest BCUT2D eigenvalue weighted by Crippen LogP contribution is -2.33. The van der Waals surface area contributed by atoms with Crippen LogP contribution in [-0.2, 0) is 0 Å². The fraction of sp³-hybridized carbons (Fsp3) is 0.857. The second kappa shape index (κ2) is 3.55. The predicted octanol–water partition coefficient (Wildman–Crippen LogP) is 1.23. The number of hydrogen-bond donors (Lipinski definition) is 0. The average Bonchev–Trinajstić information content (AvgIpc) is 2.31. The van der Waals surface area contributed by atoms with Gasteiger partial charge >= 0.3 is 0 Å². The smallest absolute Gasteiger partial charge is 0.264 e. The largest absolute Gasteiger partial charge is 0.316 e. The molecule has 1 aliphatic rings. The van der Waals surface area contributed by atoms with Gasteiger partial charge in [-0.2, -0.15) is 9.49 Å². The van der Waals surface area contributed by atoms with Crippen molar-refractivity contribution in [2.45, 2.75) is 26.2 Å². The molecule has 0 amide bonds. The standard InChI is InChI=1S/C7H14FN3/c1-3-4-5-11-7(8)10(2)6-9-11/h6-7H,3-5H2,1-2H3. The monoisotopic (exact) mass is 159 g/mol. The summed E-state index contributed by atoms with van der Waals surface area (Å²) in [6.07, 6.45) is 2.52. The van der Waals surface area contributed by atoms with Crippen LogP contribution in [0.4, 0.5) is 4.39 Å². The molecule has 0 N–H and O–H groups in total. The molecular formula is C7H14FN3. The number of unbranched alkanes of at least 4 members (excludes halogenated alkanes) is 1. The third-order valence-electron chi connectivity index (χ3n) is 1.70. The van der Waals surface area contributed by atoms with Crippen LogP contribution in [0.5, 0.6) is 0 Å². The van der Waals surface area contributed by atoms with Gasteiger partial charge in [0.2, 0.25) is 0 Å². The van der Waals surface area contributed by atoms with E-state index >= 15 is 0 Å². The van der Waals surface area contributed by atoms with Crippen molar-refractivity contribution in [1.82, 2.24) is 9.91 Å². The molecule has 0 saturated carbocycles. The van der Waals surface area contributed by atoms with E-state index in [-0.39, 0.29) is 0 Å². The molecule has 0 saturated heterocycles. The minimum atomic E-state index is -1.05. The predicted molar refractivity (Wildman–Crippen MR) is 42.8 cm³/mol. The van der Waals surface area contributed by atoms with Crippen molar-refractivity contribution in [3.8, 4) is 0 Å². The Hall–Kier alpha value is -0.800. The molecule has 0 bridgehead atoms. The van der Waals surface area contributed by atoms with Gasteiger partial charge < -0.3 is 4.90 Å². The maximum atomic E-state index is 13.0. The van der Waals surface area contributed by atoms with E-state index in [1.165, 1.54) is 16.2 Å². The first kappa shape index (κ1) is 8.30. The van der Waals surface area contributed by atoms with Crippen LogP contribution in [0.3, 0.4) is 0 Å². The summed E-state index contributed by atoms with van der Waals surface area (Å²) in [7, 11) is 1.68. The van der Waals surface area contributed by atoms with E-state index in [1.807, 2.05) is 0 Å². The molecule has 64 valence electrons. The fourth-order valence-corrected chi connectivity index (χ4v) is 0.952. The number of hydrogen-bond acceptors (Lipinski definition) is 3. The zero-order valence-corrected chi connectivity index (χ0v) is 7.00. The lowest BCUT2D eigenvalue weighted by molar-refractivity contribution is 0.0265. The Morgan fingerprint density at radius 3 is 2.82 bits per heavy atom. The molecule has 1 unspecified atom stereocenters. The zero-order chi connectivity index (χ0) is 8.27. The van der Waals surface area contributed by atoms with Gasteiger partial charge in [0.25, 0.3) is 6.42 Å². The highest BCUT2D eigenvalue weighted by Crippen LogP contribution is 2.11. The summed E-state index contributed by atoms with van der Waals surface area (Å²) in [4.78, 5) is 1.45. The van der Waals surface area contributed by atoms with E-state index in [9.17, 15) is 4.39 Å². The summed E-state index contributed by atoms with van der Waals surface area (Å²) < 4.78 is 13.0. The second-order valence-corrected chi connectivity index (χ2v) is 2.72. The van der Waals surface area contributed by atoms with E-state index < -0.39 is 6.42 Å². The van der Waals surface area contributed by atoms with Crippen LogP contribution >= 0.6 is 0 Å². The summed E-state index contributed by atoms with van der Waals surface area (Å²) in [6.45, 7) is 2.79. The first-order valence-corrected chi connectivity index (χ1v) is 3.92. The molecule has 0 fully saturated rings. The van der Waals surface area contributed by atoms with Gasteiger partial charge in [-0.3, -0.25) is 0 Å². The molecule has 1 aliphatic heterocycles. The van der Waals surface area contributed by atoms with Gasteiger partial charge in [-0.1, -0.05) is 13.3 Å². The Kier molecular flexibility index (Phi) is 2.68. The molecule has 1 heterocycles. The lowest BCUT2D eigenvalue weighted by atomic mass is 10.3. The third kappa shape index (κ3) is 1.82. The van der Waals surface area contributed by atoms with E-state index in [1.54, 1.807) is 7.05 Å². The molecule has 3 nitrogen and oxygen atoms in total. The first-order chi connectivity index (χ1) is 5.25. The van der Waals surface area contributed by atoms with Crippen molar-refractivity contribution in [3.05, 3.63) is 0 Å². The number of alkyl halides is 1. The van der Waals surface area contributed by atoms with Crippen LogP contribution in [0, 0.1) is 0 Å². The highest BCUT2D eigenvalue weighted by molar-refractivity contribution is 5.55. The van der Waals surface area contributed by atoms with Gasteiger partial charge in [-0.05, 0) is 6.42 Å². The number of hydrazone groups is 1. The highest BCUT2D eigenvalue weighted by atomic mass is 19.1. The maximum absolute atomic E-state index is 13.0. The number of nitrogens with zero attached hydrogens (tertiary/aromatic N) is 3. The maximum Gasteiger partial charge on any atom is 0.264 e. The summed E-state index contributed by atoms with van der Waals surface area (Å²) in [6, 6.07) is 0. The van der Waals surface area contributed by atoms with Crippen molar-refractivity contribution >= 4 is 6.34 Å². The van der Waals surface area contributed by atoms with Crippen molar-refractivity contribution < 1.29 is 4.39 Å². The van der Waals surface area contributed by atoms with Crippen LogP contribution in [0.1, 0.15) is 19.8 Å². The van der Waals surface area contributed by atoms with Gasteiger partial charge in [0.1, 0.15) is 6.34 Å². The fourth-order valence-electron chi connectivity index (χ4n) is 0.952. The molecule has 0 aromatic heterocycles. The molecule has 1 atom stereocenters. The Bertz CT molecular complexity index is 149. The summed E-state index contributed by atoms with van der Waals surface area (Å²) in [5.41, 5.74) is 0. The Balaban J connectivity index is 2.31. The van der Waals surface area contributed by atoms with Crippen LogP contribution in [0.15, 0.2) is 5.10 Å². The Labute approximate surface area is 66.5 Å². The topological polar surface area (TPSA) is 18.8 Å². The Morgan fingerprint density at radius 1 is 1.64 bits per heavy atom. The van der Waals surface area contributed by atoms with Crippen molar-refractivity contribution in [2.75, 3.05) is 13.6 Å². The van der Waals surface area contributed by atoms with Crippen molar-refractivity contribution in [1.29, 1.82) is 0 Å². The molecular weight excluding hydrogens is 145 g/mol. The van der Waals surface area contributed by atoms with Gasteiger partial charge in [-0.15, -0.1) is 0 Å². The highest BCUT2D eigenvalue weighted by Gasteiger charge is 2.22. The minimum absolute atomic E-state index is 0.707. The van der Waals surface area contributed by atoms with Gasteiger partial charge in [0.15, 0.2) is 0 Å². The summed E-state index contributed by atoms with van der Waals surface area (Å²) >= 11 is 0. The molecule has 0 aromatic carbocycles. The van der Waals surface area contributed by atoms with E-state index in [2.05, 4.69) is 12.0 Å². The minimum Gasteiger partial charge on any atom is -0.316 e. The first-order valence-electron chi connectivity index (χ1n) is 3.92. The van der Waals surface area contributed by atoms with Crippen LogP contribution in [-0.4, -0.2) is 36.3 Å². The van der Waals surface area contributed by atoms with E-state index in [0.29, 0.717) is 6.54 Å². The zero-order valence-electron chi connectivity index (χ0n) is 7.00. The molecule has 11 heavy (non-hydrogen) atoms. The molecule has 0 aliphatic carbocycles. The van der Waals surface area contributed by atoms with Crippen LogP contribution < -0.4 is 0 Å². The van der Waals surface area contributed by atoms with E-state index in [4.69, 9.17) is 0 Å². The SMILES string of the molecule is CCCCN1N=CN(C)C1F. The van der Waals surface area contributed by atoms with Gasteiger partial charge in [-0.25, -0.2) is 5.01 Å². The van der Waals surface area contributed by atoms with Gasteiger partial charge in [0, 0.05) is 13.6 Å². The molecule has 0 radical (unpaired) electrons. The summed E-state index contributed by atoms with van der Waals surface area (Å²) in [5, 5.41) is 5.36. The normalized spacial score (nSPS) is 23.4. The molecule has 1 rings (SSSR count). The third-order valence-corrected chi connectivity index (χ3v) is 1.70. The second-order valence-electron chi connectivity index (χ2n) is 2.72. The summed E-state index contributed by atoms with van der Waals surface area (Å²) in [5.74, 6) is 0. The molecule has 0 aromatic rings. The van der Waals surface area contributed by atoms with Crippen LogP contribution in [0.25, 0.3) is 0 Å². The molecule has 0 spiro atoms. The quantitative estimate of drug-likeness (QED) is 0.577. The van der Waals surface area contributed by atoms with Gasteiger partial charge in [0.05, 0.1) is 0 Å². The Morgan fingerprint density at radius 2 is 2.36 bits per heavy atom. The van der Waals surface area contributed by atoms with Crippen molar-refractivity contribution in [3.63, 3.8) is 0 Å². The number of rotatable bonds is 3. The van der Waals surface area contributed by atoms with Crippen LogP contribution in [0.2, 0.25) is 0 Å². The van der Waals surface area contributed by atoms with Crippen molar-refractivity contribution in [2.24, 2.45) is 5.10 Å². The molecule has 4 heteroatoms. The van der Waals surface area contributed by atoms with E-state index in [0.717, 1.165) is 12.8 Å². The average molecular weight is 159 g/mol.